The second-order valence-corrected chi connectivity index (χ2v) is 4.36. The number of ether oxygens (including phenoxy) is 1. The fourth-order valence-corrected chi connectivity index (χ4v) is 1.88. The van der Waals surface area contributed by atoms with Gasteiger partial charge in [-0.05, 0) is 20.8 Å². The van der Waals surface area contributed by atoms with E-state index in [1.807, 2.05) is 13.0 Å². The summed E-state index contributed by atoms with van der Waals surface area (Å²) >= 11 is 0. The van der Waals surface area contributed by atoms with Crippen molar-refractivity contribution in [2.45, 2.75) is 39.5 Å². The molecule has 2 rings (SSSR count). The molecule has 1 aliphatic heterocycles. The van der Waals surface area contributed by atoms with Gasteiger partial charge in [-0.3, -0.25) is 4.90 Å². The predicted molar refractivity (Wildman–Crippen MR) is 56.5 cm³/mol. The van der Waals surface area contributed by atoms with Crippen LogP contribution in [0.4, 0.5) is 0 Å². The van der Waals surface area contributed by atoms with Gasteiger partial charge in [0, 0.05) is 18.7 Å². The van der Waals surface area contributed by atoms with Gasteiger partial charge in [-0.2, -0.15) is 0 Å². The van der Waals surface area contributed by atoms with Gasteiger partial charge in [0.2, 0.25) is 0 Å². The minimum Gasteiger partial charge on any atom is -0.376 e. The molecular weight excluding hydrogens is 192 g/mol. The Labute approximate surface area is 90.2 Å². The zero-order chi connectivity index (χ0) is 10.8. The lowest BCUT2D eigenvalue weighted by molar-refractivity contribution is -0.0550. The van der Waals surface area contributed by atoms with Crippen molar-refractivity contribution in [1.29, 1.82) is 0 Å². The van der Waals surface area contributed by atoms with Crippen molar-refractivity contribution in [3.63, 3.8) is 0 Å². The van der Waals surface area contributed by atoms with E-state index in [0.29, 0.717) is 12.1 Å². The van der Waals surface area contributed by atoms with E-state index in [2.05, 4.69) is 23.9 Å². The Morgan fingerprint density at radius 3 is 3.00 bits per heavy atom. The number of rotatable bonds is 2. The molecule has 84 valence electrons. The van der Waals surface area contributed by atoms with Crippen molar-refractivity contribution in [1.82, 2.24) is 10.1 Å². The first-order valence-corrected chi connectivity index (χ1v) is 5.43. The van der Waals surface area contributed by atoms with Gasteiger partial charge >= 0.3 is 0 Å². The third-order valence-electron chi connectivity index (χ3n) is 2.77. The fraction of sp³-hybridized carbons (Fsp3) is 0.727. The Hall–Kier alpha value is -0.870. The number of hydrogen-bond acceptors (Lipinski definition) is 4. The van der Waals surface area contributed by atoms with Crippen LogP contribution in [0.3, 0.4) is 0 Å². The maximum absolute atomic E-state index is 5.58. The van der Waals surface area contributed by atoms with Crippen molar-refractivity contribution >= 4 is 0 Å². The number of hydrogen-bond donors (Lipinski definition) is 0. The summed E-state index contributed by atoms with van der Waals surface area (Å²) in [5.41, 5.74) is 0.943. The first kappa shape index (κ1) is 10.6. The molecule has 0 spiro atoms. The zero-order valence-electron chi connectivity index (χ0n) is 9.56. The lowest BCUT2D eigenvalue weighted by Crippen LogP contribution is -2.46. The van der Waals surface area contributed by atoms with E-state index in [1.54, 1.807) is 0 Å². The van der Waals surface area contributed by atoms with Gasteiger partial charge in [-0.25, -0.2) is 0 Å². The van der Waals surface area contributed by atoms with Crippen LogP contribution in [0.25, 0.3) is 0 Å². The SMILES string of the molecule is Cc1cc(CN2C[C@@H](C)OC[C@@H]2C)on1. The number of aryl methyl sites for hydroxylation is 1. The minimum atomic E-state index is 0.310. The lowest BCUT2D eigenvalue weighted by Gasteiger charge is -2.35. The van der Waals surface area contributed by atoms with E-state index in [9.17, 15) is 0 Å². The largest absolute Gasteiger partial charge is 0.376 e. The molecule has 0 amide bonds. The monoisotopic (exact) mass is 210 g/mol. The zero-order valence-corrected chi connectivity index (χ0v) is 9.56. The van der Waals surface area contributed by atoms with Crippen molar-refractivity contribution < 1.29 is 9.26 Å². The van der Waals surface area contributed by atoms with Crippen LogP contribution in [0.2, 0.25) is 0 Å². The van der Waals surface area contributed by atoms with E-state index < -0.39 is 0 Å². The lowest BCUT2D eigenvalue weighted by atomic mass is 10.2. The molecule has 1 aromatic heterocycles. The van der Waals surface area contributed by atoms with Gasteiger partial charge in [-0.1, -0.05) is 5.16 Å². The van der Waals surface area contributed by atoms with Gasteiger partial charge < -0.3 is 9.26 Å². The smallest absolute Gasteiger partial charge is 0.150 e. The van der Waals surface area contributed by atoms with Crippen molar-refractivity contribution in [2.75, 3.05) is 13.2 Å². The van der Waals surface area contributed by atoms with Crippen LogP contribution in [-0.2, 0) is 11.3 Å². The molecular formula is C11H18N2O2. The highest BCUT2D eigenvalue weighted by Gasteiger charge is 2.24. The Morgan fingerprint density at radius 1 is 1.53 bits per heavy atom. The molecule has 0 unspecified atom stereocenters. The quantitative estimate of drug-likeness (QED) is 0.743. The van der Waals surface area contributed by atoms with Gasteiger partial charge in [0.15, 0.2) is 5.76 Å². The molecule has 4 heteroatoms. The van der Waals surface area contributed by atoms with Gasteiger partial charge in [-0.15, -0.1) is 0 Å². The maximum Gasteiger partial charge on any atom is 0.150 e. The molecule has 4 nitrogen and oxygen atoms in total. The van der Waals surface area contributed by atoms with Crippen molar-refractivity contribution in [3.05, 3.63) is 17.5 Å². The summed E-state index contributed by atoms with van der Waals surface area (Å²) in [6, 6.07) is 2.44. The molecule has 2 atom stereocenters. The van der Waals surface area contributed by atoms with Crippen molar-refractivity contribution in [3.8, 4) is 0 Å². The molecule has 0 aromatic carbocycles. The number of nitrogens with zero attached hydrogens (tertiary/aromatic N) is 2. The van der Waals surface area contributed by atoms with Crippen LogP contribution in [0, 0.1) is 6.92 Å². The molecule has 1 aromatic rings. The Morgan fingerprint density at radius 2 is 2.33 bits per heavy atom. The molecule has 0 saturated carbocycles. The van der Waals surface area contributed by atoms with E-state index in [-0.39, 0.29) is 0 Å². The molecule has 0 N–H and O–H groups in total. The third kappa shape index (κ3) is 2.58. The van der Waals surface area contributed by atoms with Crippen molar-refractivity contribution in [2.24, 2.45) is 0 Å². The molecule has 1 aliphatic rings. The van der Waals surface area contributed by atoms with Gasteiger partial charge in [0.25, 0.3) is 0 Å². The number of morpholine rings is 1. The minimum absolute atomic E-state index is 0.310. The summed E-state index contributed by atoms with van der Waals surface area (Å²) < 4.78 is 10.8. The summed E-state index contributed by atoms with van der Waals surface area (Å²) in [5, 5.41) is 3.89. The topological polar surface area (TPSA) is 38.5 Å². The van der Waals surface area contributed by atoms with E-state index in [0.717, 1.165) is 31.2 Å². The van der Waals surface area contributed by atoms with Crippen LogP contribution in [0.5, 0.6) is 0 Å². The maximum atomic E-state index is 5.58. The fourth-order valence-electron chi connectivity index (χ4n) is 1.88. The molecule has 2 heterocycles. The van der Waals surface area contributed by atoms with Gasteiger partial charge in [0.05, 0.1) is 24.9 Å². The van der Waals surface area contributed by atoms with E-state index >= 15 is 0 Å². The highest BCUT2D eigenvalue weighted by Crippen LogP contribution is 2.15. The third-order valence-corrected chi connectivity index (χ3v) is 2.77. The molecule has 1 saturated heterocycles. The summed E-state index contributed by atoms with van der Waals surface area (Å²) in [6.07, 6.45) is 0.310. The second-order valence-electron chi connectivity index (χ2n) is 4.36. The summed E-state index contributed by atoms with van der Waals surface area (Å²) in [6.45, 7) is 8.81. The molecule has 15 heavy (non-hydrogen) atoms. The highest BCUT2D eigenvalue weighted by molar-refractivity contribution is 5.03. The standard InChI is InChI=1S/C11H18N2O2/c1-8-4-11(15-12-8)6-13-5-10(3)14-7-9(13)2/h4,9-10H,5-7H2,1-3H3/t9-,10+/m0/s1. The van der Waals surface area contributed by atoms with E-state index in [1.165, 1.54) is 0 Å². The Bertz CT molecular complexity index is 324. The normalized spacial score (nSPS) is 28.2. The highest BCUT2D eigenvalue weighted by atomic mass is 16.5. The van der Waals surface area contributed by atoms with E-state index in [4.69, 9.17) is 9.26 Å². The van der Waals surface area contributed by atoms with Crippen LogP contribution < -0.4 is 0 Å². The number of aromatic nitrogens is 1. The van der Waals surface area contributed by atoms with Crippen LogP contribution in [0.1, 0.15) is 25.3 Å². The average molecular weight is 210 g/mol. The summed E-state index contributed by atoms with van der Waals surface area (Å²) in [7, 11) is 0. The second kappa shape index (κ2) is 4.33. The molecule has 0 radical (unpaired) electrons. The first-order chi connectivity index (χ1) is 7.15. The summed E-state index contributed by atoms with van der Waals surface area (Å²) in [4.78, 5) is 2.37. The average Bonchev–Trinajstić information content (AvgIpc) is 2.58. The van der Waals surface area contributed by atoms with Crippen LogP contribution in [0.15, 0.2) is 10.6 Å². The molecule has 0 bridgehead atoms. The predicted octanol–water partition coefficient (Wildman–Crippen LogP) is 1.59. The Balaban J connectivity index is 1.98. The Kier molecular flexibility index (Phi) is 3.07. The van der Waals surface area contributed by atoms with Gasteiger partial charge in [0.1, 0.15) is 0 Å². The molecule has 1 fully saturated rings. The summed E-state index contributed by atoms with van der Waals surface area (Å²) in [5.74, 6) is 0.938. The van der Waals surface area contributed by atoms with Crippen LogP contribution in [-0.4, -0.2) is 35.4 Å². The van der Waals surface area contributed by atoms with Crippen LogP contribution >= 0.6 is 0 Å². The molecule has 0 aliphatic carbocycles. The first-order valence-electron chi connectivity index (χ1n) is 5.43.